The summed E-state index contributed by atoms with van der Waals surface area (Å²) in [6.07, 6.45) is 2.47. The lowest BCUT2D eigenvalue weighted by atomic mass is 10.1. The van der Waals surface area contributed by atoms with Gasteiger partial charge in [0.05, 0.1) is 6.21 Å². The van der Waals surface area contributed by atoms with E-state index in [0.29, 0.717) is 16.2 Å². The second-order valence-electron chi connectivity index (χ2n) is 5.70. The summed E-state index contributed by atoms with van der Waals surface area (Å²) >= 11 is 5.28. The van der Waals surface area contributed by atoms with Crippen LogP contribution in [0.1, 0.15) is 18.2 Å². The van der Waals surface area contributed by atoms with Gasteiger partial charge in [0, 0.05) is 22.9 Å². The lowest BCUT2D eigenvalue weighted by Gasteiger charge is -2.01. The molecule has 1 N–H and O–H groups in total. The van der Waals surface area contributed by atoms with Crippen LogP contribution in [-0.2, 0) is 6.42 Å². The van der Waals surface area contributed by atoms with Gasteiger partial charge in [-0.15, -0.1) is 0 Å². The number of fused-ring (bicyclic) bond motifs is 1. The predicted molar refractivity (Wildman–Crippen MR) is 101 cm³/mol. The maximum atomic E-state index is 13.2. The van der Waals surface area contributed by atoms with E-state index in [1.165, 1.54) is 16.8 Å². The maximum Gasteiger partial charge on any atom is 0.216 e. The van der Waals surface area contributed by atoms with Crippen molar-refractivity contribution < 1.29 is 8.81 Å². The second kappa shape index (κ2) is 6.68. The molecule has 2 aromatic heterocycles. The molecular formula is C19H15FN4OS. The van der Waals surface area contributed by atoms with Crippen molar-refractivity contribution in [3.63, 3.8) is 0 Å². The Morgan fingerprint density at radius 2 is 2.00 bits per heavy atom. The second-order valence-corrected chi connectivity index (χ2v) is 6.09. The van der Waals surface area contributed by atoms with Gasteiger partial charge in [-0.05, 0) is 42.5 Å². The number of furan rings is 1. The van der Waals surface area contributed by atoms with Crippen molar-refractivity contribution in [2.24, 2.45) is 5.10 Å². The largest absolute Gasteiger partial charge is 0.460 e. The van der Waals surface area contributed by atoms with E-state index in [1.807, 2.05) is 31.2 Å². The average molecular weight is 366 g/mol. The van der Waals surface area contributed by atoms with Crippen molar-refractivity contribution in [2.45, 2.75) is 13.3 Å². The number of hydrogen-bond acceptors (Lipinski definition) is 4. The SMILES string of the molecule is CCc1oc2ccccc2c1/C=N\n1c(-c2ccc(F)cc2)n[nH]c1=S. The molecule has 5 nitrogen and oxygen atoms in total. The highest BCUT2D eigenvalue weighted by atomic mass is 32.1. The number of halogens is 1. The van der Waals surface area contributed by atoms with E-state index < -0.39 is 0 Å². The highest BCUT2D eigenvalue weighted by Gasteiger charge is 2.12. The fraction of sp³-hybridized carbons (Fsp3) is 0.105. The summed E-state index contributed by atoms with van der Waals surface area (Å²) in [6, 6.07) is 13.8. The summed E-state index contributed by atoms with van der Waals surface area (Å²) in [4.78, 5) is 0. The van der Waals surface area contributed by atoms with E-state index in [1.54, 1.807) is 18.3 Å². The first-order valence-corrected chi connectivity index (χ1v) is 8.56. The van der Waals surface area contributed by atoms with Crippen molar-refractivity contribution in [1.82, 2.24) is 14.9 Å². The van der Waals surface area contributed by atoms with Crippen molar-refractivity contribution >= 4 is 29.4 Å². The van der Waals surface area contributed by atoms with Gasteiger partial charge in [0.15, 0.2) is 5.82 Å². The summed E-state index contributed by atoms with van der Waals surface area (Å²) < 4.78 is 20.9. The van der Waals surface area contributed by atoms with E-state index >= 15 is 0 Å². The maximum absolute atomic E-state index is 13.2. The molecule has 26 heavy (non-hydrogen) atoms. The number of aryl methyl sites for hydroxylation is 1. The summed E-state index contributed by atoms with van der Waals surface area (Å²) in [5.41, 5.74) is 2.44. The van der Waals surface area contributed by atoms with E-state index in [4.69, 9.17) is 16.6 Å². The third-order valence-corrected chi connectivity index (χ3v) is 4.35. The Labute approximate surface area is 153 Å². The normalized spacial score (nSPS) is 11.6. The fourth-order valence-electron chi connectivity index (χ4n) is 2.82. The lowest BCUT2D eigenvalue weighted by molar-refractivity contribution is 0.556. The fourth-order valence-corrected chi connectivity index (χ4v) is 3.00. The van der Waals surface area contributed by atoms with Crippen LogP contribution in [0.25, 0.3) is 22.4 Å². The zero-order chi connectivity index (χ0) is 18.1. The molecule has 0 radical (unpaired) electrons. The molecule has 0 fully saturated rings. The number of para-hydroxylation sites is 1. The number of aromatic nitrogens is 3. The number of H-pyrrole nitrogens is 1. The molecule has 0 saturated carbocycles. The van der Waals surface area contributed by atoms with Gasteiger partial charge in [0.1, 0.15) is 17.2 Å². The summed E-state index contributed by atoms with van der Waals surface area (Å²) in [5, 5.41) is 12.4. The van der Waals surface area contributed by atoms with Gasteiger partial charge < -0.3 is 4.42 Å². The topological polar surface area (TPSA) is 59.1 Å². The molecule has 0 spiro atoms. The quantitative estimate of drug-likeness (QED) is 0.411. The summed E-state index contributed by atoms with van der Waals surface area (Å²) in [6.45, 7) is 2.03. The first kappa shape index (κ1) is 16.4. The minimum Gasteiger partial charge on any atom is -0.460 e. The Balaban J connectivity index is 1.80. The molecule has 7 heteroatoms. The third kappa shape index (κ3) is 2.86. The third-order valence-electron chi connectivity index (χ3n) is 4.09. The number of nitrogens with one attached hydrogen (secondary N) is 1. The summed E-state index contributed by atoms with van der Waals surface area (Å²) in [7, 11) is 0. The molecule has 2 heterocycles. The highest BCUT2D eigenvalue weighted by molar-refractivity contribution is 7.71. The molecule has 0 atom stereocenters. The van der Waals surface area contributed by atoms with E-state index in [-0.39, 0.29) is 5.82 Å². The number of hydrogen-bond donors (Lipinski definition) is 1. The van der Waals surface area contributed by atoms with Crippen molar-refractivity contribution in [2.75, 3.05) is 0 Å². The Morgan fingerprint density at radius 1 is 1.23 bits per heavy atom. The molecule has 0 aliphatic rings. The van der Waals surface area contributed by atoms with Crippen LogP contribution in [0.2, 0.25) is 0 Å². The Morgan fingerprint density at radius 3 is 2.77 bits per heavy atom. The molecule has 0 amide bonds. The minimum absolute atomic E-state index is 0.310. The smallest absolute Gasteiger partial charge is 0.216 e. The molecule has 0 saturated heterocycles. The van der Waals surface area contributed by atoms with Gasteiger partial charge >= 0.3 is 0 Å². The molecule has 2 aromatic carbocycles. The number of aromatic amines is 1. The van der Waals surface area contributed by atoms with Crippen molar-refractivity contribution in [3.8, 4) is 11.4 Å². The Hall–Kier alpha value is -3.06. The van der Waals surface area contributed by atoms with Crippen LogP contribution >= 0.6 is 12.2 Å². The average Bonchev–Trinajstić information content (AvgIpc) is 3.21. The van der Waals surface area contributed by atoms with Gasteiger partial charge in [-0.2, -0.15) is 14.9 Å². The molecule has 4 rings (SSSR count). The number of nitrogens with zero attached hydrogens (tertiary/aromatic N) is 3. The van der Waals surface area contributed by atoms with Crippen molar-refractivity contribution in [1.29, 1.82) is 0 Å². The molecule has 0 unspecified atom stereocenters. The van der Waals surface area contributed by atoms with Gasteiger partial charge in [0.2, 0.25) is 4.77 Å². The standard InChI is InChI=1S/C19H15FN4OS/c1-2-16-15(14-5-3-4-6-17(14)25-16)11-21-24-18(22-23-19(24)26)12-7-9-13(20)10-8-12/h3-11H,2H2,1H3,(H,23,26)/b21-11-. The highest BCUT2D eigenvalue weighted by Crippen LogP contribution is 2.25. The van der Waals surface area contributed by atoms with Gasteiger partial charge in [-0.25, -0.2) is 9.49 Å². The number of benzene rings is 2. The molecule has 0 aliphatic carbocycles. The molecule has 4 aromatic rings. The van der Waals surface area contributed by atoms with Gasteiger partial charge in [-0.3, -0.25) is 0 Å². The minimum atomic E-state index is -0.310. The number of rotatable bonds is 4. The zero-order valence-corrected chi connectivity index (χ0v) is 14.8. The monoisotopic (exact) mass is 366 g/mol. The van der Waals surface area contributed by atoms with E-state index in [2.05, 4.69) is 15.3 Å². The Kier molecular flexibility index (Phi) is 4.22. The zero-order valence-electron chi connectivity index (χ0n) is 13.9. The van der Waals surface area contributed by atoms with Crippen LogP contribution in [0.3, 0.4) is 0 Å². The van der Waals surface area contributed by atoms with Crippen LogP contribution in [0.5, 0.6) is 0 Å². The van der Waals surface area contributed by atoms with Gasteiger partial charge in [0.25, 0.3) is 0 Å². The molecule has 0 aliphatic heterocycles. The molecule has 0 bridgehead atoms. The first-order chi connectivity index (χ1) is 12.7. The van der Waals surface area contributed by atoms with Crippen LogP contribution in [0.15, 0.2) is 58.0 Å². The van der Waals surface area contributed by atoms with Crippen LogP contribution < -0.4 is 0 Å². The Bertz CT molecular complexity index is 1150. The lowest BCUT2D eigenvalue weighted by Crippen LogP contribution is -1.96. The van der Waals surface area contributed by atoms with Gasteiger partial charge in [-0.1, -0.05) is 25.1 Å². The molecule has 130 valence electrons. The molecular weight excluding hydrogens is 351 g/mol. The first-order valence-electron chi connectivity index (χ1n) is 8.15. The van der Waals surface area contributed by atoms with Crippen LogP contribution in [-0.4, -0.2) is 21.1 Å². The predicted octanol–water partition coefficient (Wildman–Crippen LogP) is 4.94. The summed E-state index contributed by atoms with van der Waals surface area (Å²) in [5.74, 6) is 1.06. The van der Waals surface area contributed by atoms with Crippen LogP contribution in [0.4, 0.5) is 4.39 Å². The van der Waals surface area contributed by atoms with Crippen molar-refractivity contribution in [3.05, 3.63) is 70.4 Å². The van der Waals surface area contributed by atoms with Crippen LogP contribution in [0, 0.1) is 10.6 Å². The van der Waals surface area contributed by atoms with E-state index in [0.717, 1.165) is 28.7 Å². The van der Waals surface area contributed by atoms with E-state index in [9.17, 15) is 4.39 Å².